The van der Waals surface area contributed by atoms with Gasteiger partial charge in [-0.2, -0.15) is 5.26 Å². The molecule has 1 atom stereocenters. The lowest BCUT2D eigenvalue weighted by molar-refractivity contribution is -0.126. The third kappa shape index (κ3) is 4.99. The minimum atomic E-state index is -0.944. The van der Waals surface area contributed by atoms with Crippen LogP contribution < -0.4 is 10.6 Å². The second-order valence-corrected chi connectivity index (χ2v) is 6.19. The Hall–Kier alpha value is -2.49. The molecule has 1 aromatic rings. The molecular weight excluding hydrogens is 328 g/mol. The largest absolute Gasteiger partial charge is 0.351 e. The van der Waals surface area contributed by atoms with E-state index in [1.54, 1.807) is 0 Å². The molecule has 0 saturated heterocycles. The molecule has 0 heterocycles. The molecule has 7 heteroatoms. The Morgan fingerprint density at radius 1 is 1.16 bits per heavy atom. The molecule has 134 valence electrons. The summed E-state index contributed by atoms with van der Waals surface area (Å²) in [7, 11) is 0. The van der Waals surface area contributed by atoms with Gasteiger partial charge in [0.05, 0.1) is 12.0 Å². The molecule has 2 N–H and O–H groups in total. The summed E-state index contributed by atoms with van der Waals surface area (Å²) in [6.45, 7) is -0.132. The van der Waals surface area contributed by atoms with Crippen LogP contribution in [0.4, 0.5) is 8.78 Å². The number of benzene rings is 1. The zero-order valence-corrected chi connectivity index (χ0v) is 13.9. The molecule has 0 spiro atoms. The van der Waals surface area contributed by atoms with Gasteiger partial charge in [-0.1, -0.05) is 25.3 Å². The van der Waals surface area contributed by atoms with Crippen molar-refractivity contribution in [3.05, 3.63) is 35.4 Å². The molecule has 2 amide bonds. The van der Waals surface area contributed by atoms with Crippen LogP contribution in [0.5, 0.6) is 0 Å². The van der Waals surface area contributed by atoms with Crippen LogP contribution in [0.2, 0.25) is 0 Å². The van der Waals surface area contributed by atoms with E-state index < -0.39 is 29.0 Å². The Morgan fingerprint density at radius 3 is 2.40 bits per heavy atom. The van der Waals surface area contributed by atoms with Crippen molar-refractivity contribution in [2.75, 3.05) is 13.1 Å². The van der Waals surface area contributed by atoms with Crippen LogP contribution in [-0.2, 0) is 4.79 Å². The Morgan fingerprint density at radius 2 is 1.80 bits per heavy atom. The van der Waals surface area contributed by atoms with E-state index >= 15 is 0 Å². The first-order valence-corrected chi connectivity index (χ1v) is 8.41. The molecule has 5 nitrogen and oxygen atoms in total. The lowest BCUT2D eigenvalue weighted by atomic mass is 9.79. The standard InChI is InChI=1S/C18H21F2N3O2/c19-14-7-4-8-15(20)16(14)18(25)23-11-13(17(24)22-10-9-21)12-5-2-1-3-6-12/h4,7-8,12-13H,1-3,5-6,10-11H2,(H,22,24)(H,23,25). The van der Waals surface area contributed by atoms with Crippen molar-refractivity contribution in [2.45, 2.75) is 32.1 Å². The van der Waals surface area contributed by atoms with Gasteiger partial charge < -0.3 is 10.6 Å². The van der Waals surface area contributed by atoms with Gasteiger partial charge in [0.1, 0.15) is 23.7 Å². The summed E-state index contributed by atoms with van der Waals surface area (Å²) in [6.07, 6.45) is 4.82. The summed E-state index contributed by atoms with van der Waals surface area (Å²) in [6, 6.07) is 5.05. The number of rotatable bonds is 6. The number of amides is 2. The van der Waals surface area contributed by atoms with Gasteiger partial charge >= 0.3 is 0 Å². The average molecular weight is 349 g/mol. The number of halogens is 2. The molecule has 0 bridgehead atoms. The highest BCUT2D eigenvalue weighted by molar-refractivity contribution is 5.95. The summed E-state index contributed by atoms with van der Waals surface area (Å²) in [5, 5.41) is 13.6. The SMILES string of the molecule is N#CCNC(=O)C(CNC(=O)c1c(F)cccc1F)C1CCCCC1. The van der Waals surface area contributed by atoms with Crippen molar-refractivity contribution in [2.24, 2.45) is 11.8 Å². The molecule has 1 aliphatic carbocycles. The highest BCUT2D eigenvalue weighted by atomic mass is 19.1. The lowest BCUT2D eigenvalue weighted by Crippen LogP contribution is -2.43. The fraction of sp³-hybridized carbons (Fsp3) is 0.500. The molecule has 0 radical (unpaired) electrons. The molecule has 1 aromatic carbocycles. The van der Waals surface area contributed by atoms with Crippen molar-refractivity contribution in [1.29, 1.82) is 5.26 Å². The zero-order valence-electron chi connectivity index (χ0n) is 13.9. The number of nitriles is 1. The molecule has 1 aliphatic rings. The Labute approximate surface area is 145 Å². The van der Waals surface area contributed by atoms with Crippen molar-refractivity contribution in [3.63, 3.8) is 0 Å². The van der Waals surface area contributed by atoms with Gasteiger partial charge in [0, 0.05) is 6.54 Å². The number of nitrogens with zero attached hydrogens (tertiary/aromatic N) is 1. The van der Waals surface area contributed by atoms with Crippen LogP contribution in [0.1, 0.15) is 42.5 Å². The first-order valence-electron chi connectivity index (χ1n) is 8.41. The number of hydrogen-bond donors (Lipinski definition) is 2. The average Bonchev–Trinajstić information content (AvgIpc) is 2.61. The Bertz CT molecular complexity index is 647. The molecule has 25 heavy (non-hydrogen) atoms. The highest BCUT2D eigenvalue weighted by Crippen LogP contribution is 2.30. The molecule has 1 fully saturated rings. The molecule has 1 saturated carbocycles. The number of nitrogens with one attached hydrogen (secondary N) is 2. The van der Waals surface area contributed by atoms with Crippen LogP contribution >= 0.6 is 0 Å². The summed E-state index contributed by atoms with van der Waals surface area (Å²) < 4.78 is 27.4. The van der Waals surface area contributed by atoms with E-state index in [1.807, 2.05) is 6.07 Å². The Kier molecular flexibility index (Phi) is 6.87. The van der Waals surface area contributed by atoms with Crippen molar-refractivity contribution in [1.82, 2.24) is 10.6 Å². The number of carbonyl (C=O) groups excluding carboxylic acids is 2. The van der Waals surface area contributed by atoms with Gasteiger partial charge in [-0.3, -0.25) is 9.59 Å². The van der Waals surface area contributed by atoms with Crippen molar-refractivity contribution in [3.8, 4) is 6.07 Å². The first-order chi connectivity index (χ1) is 12.0. The molecular formula is C18H21F2N3O2. The fourth-order valence-corrected chi connectivity index (χ4v) is 3.27. The molecule has 2 rings (SSSR count). The Balaban J connectivity index is 2.06. The van der Waals surface area contributed by atoms with Gasteiger partial charge in [0.25, 0.3) is 5.91 Å². The summed E-state index contributed by atoms with van der Waals surface area (Å²) in [4.78, 5) is 24.5. The third-order valence-corrected chi connectivity index (χ3v) is 4.57. The maximum Gasteiger partial charge on any atom is 0.257 e. The van der Waals surface area contributed by atoms with Crippen LogP contribution in [0.15, 0.2) is 18.2 Å². The van der Waals surface area contributed by atoms with Crippen LogP contribution in [0.3, 0.4) is 0 Å². The van der Waals surface area contributed by atoms with Crippen LogP contribution in [0.25, 0.3) is 0 Å². The van der Waals surface area contributed by atoms with Crippen LogP contribution in [-0.4, -0.2) is 24.9 Å². The van der Waals surface area contributed by atoms with E-state index in [1.165, 1.54) is 6.07 Å². The second-order valence-electron chi connectivity index (χ2n) is 6.19. The highest BCUT2D eigenvalue weighted by Gasteiger charge is 2.30. The van der Waals surface area contributed by atoms with Gasteiger partial charge in [0.2, 0.25) is 5.91 Å². The van der Waals surface area contributed by atoms with E-state index in [9.17, 15) is 18.4 Å². The molecule has 0 aliphatic heterocycles. The zero-order chi connectivity index (χ0) is 18.2. The molecule has 1 unspecified atom stereocenters. The predicted molar refractivity (Wildman–Crippen MR) is 87.4 cm³/mol. The van der Waals surface area contributed by atoms with Crippen molar-refractivity contribution < 1.29 is 18.4 Å². The summed E-state index contributed by atoms with van der Waals surface area (Å²) in [5.41, 5.74) is -0.651. The monoisotopic (exact) mass is 349 g/mol. The summed E-state index contributed by atoms with van der Waals surface area (Å²) >= 11 is 0. The molecule has 0 aromatic heterocycles. The van der Waals surface area contributed by atoms with Gasteiger partial charge in [0.15, 0.2) is 0 Å². The maximum atomic E-state index is 13.7. The number of carbonyl (C=O) groups is 2. The normalized spacial score (nSPS) is 15.9. The van der Waals surface area contributed by atoms with E-state index in [2.05, 4.69) is 10.6 Å². The van der Waals surface area contributed by atoms with E-state index in [-0.39, 0.29) is 24.9 Å². The topological polar surface area (TPSA) is 82.0 Å². The quantitative estimate of drug-likeness (QED) is 0.774. The van der Waals surface area contributed by atoms with E-state index in [0.29, 0.717) is 0 Å². The minimum absolute atomic E-state index is 0.0193. The number of hydrogen-bond acceptors (Lipinski definition) is 3. The smallest absolute Gasteiger partial charge is 0.257 e. The minimum Gasteiger partial charge on any atom is -0.351 e. The van der Waals surface area contributed by atoms with E-state index in [0.717, 1.165) is 44.2 Å². The fourth-order valence-electron chi connectivity index (χ4n) is 3.27. The second kappa shape index (κ2) is 9.11. The first kappa shape index (κ1) is 18.8. The van der Waals surface area contributed by atoms with Crippen molar-refractivity contribution >= 4 is 11.8 Å². The lowest BCUT2D eigenvalue weighted by Gasteiger charge is -2.29. The van der Waals surface area contributed by atoms with E-state index in [4.69, 9.17) is 5.26 Å². The predicted octanol–water partition coefficient (Wildman–Crippen LogP) is 2.53. The van der Waals surface area contributed by atoms with Gasteiger partial charge in [-0.05, 0) is 30.9 Å². The van der Waals surface area contributed by atoms with Crippen LogP contribution in [0, 0.1) is 34.8 Å². The van der Waals surface area contributed by atoms with Gasteiger partial charge in [-0.15, -0.1) is 0 Å². The summed E-state index contributed by atoms with van der Waals surface area (Å²) in [5.74, 6) is -3.53. The maximum absolute atomic E-state index is 13.7. The third-order valence-electron chi connectivity index (χ3n) is 4.57. The van der Waals surface area contributed by atoms with Gasteiger partial charge in [-0.25, -0.2) is 8.78 Å².